The third-order valence-electron chi connectivity index (χ3n) is 2.73. The van der Waals surface area contributed by atoms with Crippen molar-refractivity contribution in [3.63, 3.8) is 0 Å². The molecule has 0 N–H and O–H groups in total. The number of hydrogen-bond donors (Lipinski definition) is 0. The Labute approximate surface area is 132 Å². The first-order chi connectivity index (χ1) is 11.2. The smallest absolute Gasteiger partial charge is 0.493 e. The van der Waals surface area contributed by atoms with Gasteiger partial charge in [0.25, 0.3) is 0 Å². The number of alkyl halides is 3. The molecule has 0 spiro atoms. The average Bonchev–Trinajstić information content (AvgIpc) is 2.49. The first-order valence-electron chi connectivity index (χ1n) is 6.24. The molecule has 0 amide bonds. The SMILES string of the molecule is COc1ccc(OC(F)(F)F)cc1Oc1cc(F)c(C#N)cc1F. The van der Waals surface area contributed by atoms with Gasteiger partial charge in [-0.05, 0) is 18.2 Å². The Morgan fingerprint density at radius 2 is 1.67 bits per heavy atom. The largest absolute Gasteiger partial charge is 0.573 e. The van der Waals surface area contributed by atoms with Crippen LogP contribution in [0.4, 0.5) is 22.0 Å². The fourth-order valence-corrected chi connectivity index (χ4v) is 1.74. The van der Waals surface area contributed by atoms with E-state index in [-0.39, 0.29) is 11.5 Å². The van der Waals surface area contributed by atoms with E-state index in [0.717, 1.165) is 18.2 Å². The Balaban J connectivity index is 2.40. The van der Waals surface area contributed by atoms with Gasteiger partial charge in [0.2, 0.25) is 0 Å². The van der Waals surface area contributed by atoms with Crippen molar-refractivity contribution in [3.8, 4) is 29.1 Å². The summed E-state index contributed by atoms with van der Waals surface area (Å²) in [4.78, 5) is 0. The van der Waals surface area contributed by atoms with Crippen molar-refractivity contribution in [3.05, 3.63) is 47.5 Å². The van der Waals surface area contributed by atoms with Crippen LogP contribution < -0.4 is 14.2 Å². The van der Waals surface area contributed by atoms with Crippen LogP contribution in [0.5, 0.6) is 23.0 Å². The van der Waals surface area contributed by atoms with Crippen LogP contribution in [0.3, 0.4) is 0 Å². The van der Waals surface area contributed by atoms with Crippen LogP contribution in [0, 0.1) is 23.0 Å². The highest BCUT2D eigenvalue weighted by Crippen LogP contribution is 2.37. The van der Waals surface area contributed by atoms with E-state index < -0.39 is 35.1 Å². The number of benzene rings is 2. The molecule has 126 valence electrons. The molecule has 24 heavy (non-hydrogen) atoms. The third kappa shape index (κ3) is 4.04. The Morgan fingerprint density at radius 1 is 0.958 bits per heavy atom. The van der Waals surface area contributed by atoms with Gasteiger partial charge in [-0.25, -0.2) is 8.78 Å². The number of nitrogens with zero attached hydrogens (tertiary/aromatic N) is 1. The summed E-state index contributed by atoms with van der Waals surface area (Å²) >= 11 is 0. The first kappa shape index (κ1) is 17.3. The second kappa shape index (κ2) is 6.62. The monoisotopic (exact) mass is 345 g/mol. The predicted octanol–water partition coefficient (Wildman–Crippen LogP) is 4.54. The summed E-state index contributed by atoms with van der Waals surface area (Å²) in [6, 6.07) is 5.53. The van der Waals surface area contributed by atoms with Gasteiger partial charge in [0.15, 0.2) is 23.1 Å². The van der Waals surface area contributed by atoms with Crippen LogP contribution in [0.1, 0.15) is 5.56 Å². The van der Waals surface area contributed by atoms with Gasteiger partial charge in [-0.15, -0.1) is 13.2 Å². The first-order valence-corrected chi connectivity index (χ1v) is 6.24. The van der Waals surface area contributed by atoms with Gasteiger partial charge in [-0.1, -0.05) is 0 Å². The van der Waals surface area contributed by atoms with Crippen LogP contribution in [0.15, 0.2) is 30.3 Å². The van der Waals surface area contributed by atoms with E-state index in [4.69, 9.17) is 14.7 Å². The molecule has 2 rings (SSSR count). The van der Waals surface area contributed by atoms with E-state index in [0.29, 0.717) is 12.1 Å². The Bertz CT molecular complexity index is 799. The van der Waals surface area contributed by atoms with Crippen LogP contribution in [0.2, 0.25) is 0 Å². The van der Waals surface area contributed by atoms with E-state index in [2.05, 4.69) is 4.74 Å². The van der Waals surface area contributed by atoms with Crippen LogP contribution in [0.25, 0.3) is 0 Å². The van der Waals surface area contributed by atoms with Crippen molar-refractivity contribution in [2.75, 3.05) is 7.11 Å². The van der Waals surface area contributed by atoms with Crippen molar-refractivity contribution in [2.45, 2.75) is 6.36 Å². The molecule has 0 aliphatic carbocycles. The van der Waals surface area contributed by atoms with E-state index >= 15 is 0 Å². The van der Waals surface area contributed by atoms with Gasteiger partial charge in [0.05, 0.1) is 12.7 Å². The van der Waals surface area contributed by atoms with Crippen molar-refractivity contribution in [2.24, 2.45) is 0 Å². The van der Waals surface area contributed by atoms with Gasteiger partial charge in [-0.3, -0.25) is 0 Å². The molecule has 0 atom stereocenters. The van der Waals surface area contributed by atoms with Gasteiger partial charge in [-0.2, -0.15) is 5.26 Å². The molecule has 0 unspecified atom stereocenters. The molecule has 0 bridgehead atoms. The second-order valence-electron chi connectivity index (χ2n) is 4.34. The Kier molecular flexibility index (Phi) is 4.78. The summed E-state index contributed by atoms with van der Waals surface area (Å²) in [5, 5.41) is 8.61. The zero-order valence-corrected chi connectivity index (χ0v) is 11.9. The highest BCUT2D eigenvalue weighted by molar-refractivity contribution is 5.48. The lowest BCUT2D eigenvalue weighted by molar-refractivity contribution is -0.274. The standard InChI is InChI=1S/C15H8F5NO3/c1-22-12-3-2-9(24-15(18,19)20)5-14(12)23-13-6-10(16)8(7-21)4-11(13)17/h2-6H,1H3. The zero-order chi connectivity index (χ0) is 17.9. The molecule has 2 aromatic rings. The molecule has 0 heterocycles. The van der Waals surface area contributed by atoms with Crippen molar-refractivity contribution in [1.29, 1.82) is 5.26 Å². The van der Waals surface area contributed by atoms with E-state index in [9.17, 15) is 22.0 Å². The maximum atomic E-state index is 13.8. The molecule has 0 aliphatic heterocycles. The lowest BCUT2D eigenvalue weighted by Crippen LogP contribution is -2.17. The molecule has 4 nitrogen and oxygen atoms in total. The topological polar surface area (TPSA) is 51.5 Å². The lowest BCUT2D eigenvalue weighted by Gasteiger charge is -2.14. The minimum Gasteiger partial charge on any atom is -0.493 e. The quantitative estimate of drug-likeness (QED) is 0.764. The number of ether oxygens (including phenoxy) is 3. The van der Waals surface area contributed by atoms with Gasteiger partial charge < -0.3 is 14.2 Å². The minimum atomic E-state index is -4.93. The third-order valence-corrected chi connectivity index (χ3v) is 2.73. The lowest BCUT2D eigenvalue weighted by atomic mass is 10.2. The summed E-state index contributed by atoms with van der Waals surface area (Å²) in [5.74, 6) is -3.74. The fourth-order valence-electron chi connectivity index (χ4n) is 1.74. The minimum absolute atomic E-state index is 0.0336. The molecular formula is C15H8F5NO3. The van der Waals surface area contributed by atoms with Crippen LogP contribution in [-0.2, 0) is 0 Å². The number of hydrogen-bond acceptors (Lipinski definition) is 4. The summed E-state index contributed by atoms with van der Waals surface area (Å²) in [7, 11) is 1.21. The van der Waals surface area contributed by atoms with Crippen LogP contribution >= 0.6 is 0 Å². The molecule has 0 radical (unpaired) electrons. The molecule has 0 fully saturated rings. The summed E-state index contributed by atoms with van der Waals surface area (Å²) in [5.41, 5.74) is -0.541. The maximum Gasteiger partial charge on any atom is 0.573 e. The van der Waals surface area contributed by atoms with Gasteiger partial charge >= 0.3 is 6.36 Å². The number of rotatable bonds is 4. The highest BCUT2D eigenvalue weighted by atomic mass is 19.4. The molecule has 0 aromatic heterocycles. The number of nitriles is 1. The van der Waals surface area contributed by atoms with E-state index in [1.54, 1.807) is 0 Å². The summed E-state index contributed by atoms with van der Waals surface area (Å²) in [6.07, 6.45) is -4.93. The normalized spacial score (nSPS) is 10.9. The molecule has 0 aliphatic rings. The maximum absolute atomic E-state index is 13.8. The highest BCUT2D eigenvalue weighted by Gasteiger charge is 2.31. The fraction of sp³-hybridized carbons (Fsp3) is 0.133. The van der Waals surface area contributed by atoms with Crippen molar-refractivity contribution < 1.29 is 36.2 Å². The van der Waals surface area contributed by atoms with Crippen LogP contribution in [-0.4, -0.2) is 13.5 Å². The molecule has 0 saturated carbocycles. The summed E-state index contributed by atoms with van der Waals surface area (Å²) in [6.45, 7) is 0. The molecule has 2 aromatic carbocycles. The van der Waals surface area contributed by atoms with Crippen molar-refractivity contribution in [1.82, 2.24) is 0 Å². The van der Waals surface area contributed by atoms with Gasteiger partial charge in [0.1, 0.15) is 17.6 Å². The molecular weight excluding hydrogens is 337 g/mol. The van der Waals surface area contributed by atoms with E-state index in [1.807, 2.05) is 0 Å². The average molecular weight is 345 g/mol. The van der Waals surface area contributed by atoms with Gasteiger partial charge in [0, 0.05) is 12.1 Å². The van der Waals surface area contributed by atoms with E-state index in [1.165, 1.54) is 13.2 Å². The Morgan fingerprint density at radius 3 is 2.25 bits per heavy atom. The molecule has 9 heteroatoms. The predicted molar refractivity (Wildman–Crippen MR) is 70.8 cm³/mol. The van der Waals surface area contributed by atoms with Crippen molar-refractivity contribution >= 4 is 0 Å². The number of methoxy groups -OCH3 is 1. The second-order valence-corrected chi connectivity index (χ2v) is 4.34. The molecule has 0 saturated heterocycles. The number of halogens is 5. The Hall–Kier alpha value is -3.02. The zero-order valence-electron chi connectivity index (χ0n) is 11.9. The summed E-state index contributed by atoms with van der Waals surface area (Å²) < 4.78 is 77.8.